The molecule has 0 amide bonds. The number of carboxylic acids is 1. The minimum Gasteiger partial charge on any atom is -0.481 e. The molecule has 1 aromatic heterocycles. The maximum Gasteiger partial charge on any atom is 0.306 e. The number of hydrogen-bond acceptors (Lipinski definition) is 3. The summed E-state index contributed by atoms with van der Waals surface area (Å²) in [4.78, 5) is 15.4. The lowest BCUT2D eigenvalue weighted by atomic mass is 9.86. The fourth-order valence-electron chi connectivity index (χ4n) is 3.15. The zero-order valence-electron chi connectivity index (χ0n) is 12.3. The Morgan fingerprint density at radius 2 is 2.05 bits per heavy atom. The van der Waals surface area contributed by atoms with Gasteiger partial charge in [-0.05, 0) is 59.3 Å². The van der Waals surface area contributed by atoms with Gasteiger partial charge in [0.05, 0.1) is 11.4 Å². The summed E-state index contributed by atoms with van der Waals surface area (Å²) < 4.78 is 1.01. The van der Waals surface area contributed by atoms with Crippen molar-refractivity contribution in [2.75, 3.05) is 0 Å². The number of benzene rings is 1. The second kappa shape index (κ2) is 6.75. The van der Waals surface area contributed by atoms with Crippen molar-refractivity contribution < 1.29 is 9.90 Å². The third-order valence-corrected chi connectivity index (χ3v) is 5.11. The standard InChI is InChI=1S/C17H19BrN2O2/c18-15-3-1-2-14-12(8-9-19-16(14)15)10-20-13-6-4-11(5-7-13)17(21)22/h1-3,8-9,11,13,20H,4-7,10H2,(H,21,22). The molecule has 0 bridgehead atoms. The molecule has 3 rings (SSSR count). The molecule has 0 radical (unpaired) electrons. The highest BCUT2D eigenvalue weighted by Crippen LogP contribution is 2.26. The van der Waals surface area contributed by atoms with E-state index in [1.807, 2.05) is 24.4 Å². The smallest absolute Gasteiger partial charge is 0.306 e. The van der Waals surface area contributed by atoms with Crippen molar-refractivity contribution in [3.8, 4) is 0 Å². The molecule has 1 aliphatic carbocycles. The molecular weight excluding hydrogens is 344 g/mol. The number of aromatic nitrogens is 1. The third kappa shape index (κ3) is 3.31. The Hall–Kier alpha value is -1.46. The minimum absolute atomic E-state index is 0.157. The van der Waals surface area contributed by atoms with Gasteiger partial charge in [0.1, 0.15) is 0 Å². The average molecular weight is 363 g/mol. The number of para-hydroxylation sites is 1. The number of pyridine rings is 1. The Balaban J connectivity index is 1.65. The number of aliphatic carboxylic acids is 1. The van der Waals surface area contributed by atoms with E-state index in [2.05, 4.69) is 32.3 Å². The first-order chi connectivity index (χ1) is 10.6. The van der Waals surface area contributed by atoms with Gasteiger partial charge in [0.2, 0.25) is 0 Å². The van der Waals surface area contributed by atoms with E-state index in [0.717, 1.165) is 47.6 Å². The van der Waals surface area contributed by atoms with E-state index < -0.39 is 5.97 Å². The van der Waals surface area contributed by atoms with Gasteiger partial charge in [0.25, 0.3) is 0 Å². The summed E-state index contributed by atoms with van der Waals surface area (Å²) in [6.45, 7) is 0.790. The Kier molecular flexibility index (Phi) is 4.74. The first-order valence-electron chi connectivity index (χ1n) is 7.63. The van der Waals surface area contributed by atoms with Crippen LogP contribution in [0.3, 0.4) is 0 Å². The molecule has 0 atom stereocenters. The number of nitrogens with one attached hydrogen (secondary N) is 1. The summed E-state index contributed by atoms with van der Waals surface area (Å²) >= 11 is 3.54. The van der Waals surface area contributed by atoms with Crippen LogP contribution in [0.2, 0.25) is 0 Å². The second-order valence-electron chi connectivity index (χ2n) is 5.87. The summed E-state index contributed by atoms with van der Waals surface area (Å²) in [5.41, 5.74) is 2.21. The number of halogens is 1. The lowest BCUT2D eigenvalue weighted by molar-refractivity contribution is -0.142. The van der Waals surface area contributed by atoms with Crippen molar-refractivity contribution in [2.24, 2.45) is 5.92 Å². The molecule has 1 saturated carbocycles. The molecule has 2 aromatic rings. The molecule has 1 fully saturated rings. The molecule has 5 heteroatoms. The fourth-order valence-corrected chi connectivity index (χ4v) is 3.62. The number of nitrogens with zero attached hydrogens (tertiary/aromatic N) is 1. The van der Waals surface area contributed by atoms with Gasteiger partial charge in [-0.3, -0.25) is 9.78 Å². The lowest BCUT2D eigenvalue weighted by Crippen LogP contribution is -2.34. The molecule has 1 heterocycles. The summed E-state index contributed by atoms with van der Waals surface area (Å²) in [5.74, 6) is -0.806. The normalized spacial score (nSPS) is 21.9. The molecule has 1 aromatic carbocycles. The molecule has 2 N–H and O–H groups in total. The van der Waals surface area contributed by atoms with Crippen LogP contribution in [-0.4, -0.2) is 22.1 Å². The van der Waals surface area contributed by atoms with Crippen molar-refractivity contribution >= 4 is 32.8 Å². The molecule has 0 aliphatic heterocycles. The highest BCUT2D eigenvalue weighted by Gasteiger charge is 2.25. The van der Waals surface area contributed by atoms with Gasteiger partial charge >= 0.3 is 5.97 Å². The van der Waals surface area contributed by atoms with Gasteiger partial charge in [0, 0.05) is 28.6 Å². The Labute approximate surface area is 138 Å². The number of carboxylic acid groups (broad SMARTS) is 1. The fraction of sp³-hybridized carbons (Fsp3) is 0.412. The molecule has 4 nitrogen and oxygen atoms in total. The van der Waals surface area contributed by atoms with Crippen LogP contribution in [0.15, 0.2) is 34.9 Å². The summed E-state index contributed by atoms with van der Waals surface area (Å²) in [7, 11) is 0. The highest BCUT2D eigenvalue weighted by molar-refractivity contribution is 9.10. The predicted octanol–water partition coefficient (Wildman–Crippen LogP) is 3.73. The zero-order chi connectivity index (χ0) is 15.5. The zero-order valence-corrected chi connectivity index (χ0v) is 13.8. The Morgan fingerprint density at radius 1 is 1.27 bits per heavy atom. The molecule has 0 spiro atoms. The summed E-state index contributed by atoms with van der Waals surface area (Å²) in [6, 6.07) is 8.57. The van der Waals surface area contributed by atoms with Gasteiger partial charge < -0.3 is 10.4 Å². The van der Waals surface area contributed by atoms with E-state index in [4.69, 9.17) is 5.11 Å². The van der Waals surface area contributed by atoms with Crippen LogP contribution in [0.1, 0.15) is 31.2 Å². The van der Waals surface area contributed by atoms with E-state index in [-0.39, 0.29) is 5.92 Å². The highest BCUT2D eigenvalue weighted by atomic mass is 79.9. The quantitative estimate of drug-likeness (QED) is 0.869. The second-order valence-corrected chi connectivity index (χ2v) is 6.73. The predicted molar refractivity (Wildman–Crippen MR) is 89.7 cm³/mol. The molecule has 1 aliphatic rings. The Bertz CT molecular complexity index is 681. The van der Waals surface area contributed by atoms with Crippen LogP contribution in [0.4, 0.5) is 0 Å². The number of rotatable bonds is 4. The topological polar surface area (TPSA) is 62.2 Å². The SMILES string of the molecule is O=C(O)C1CCC(NCc2ccnc3c(Br)cccc23)CC1. The molecule has 0 saturated heterocycles. The monoisotopic (exact) mass is 362 g/mol. The summed E-state index contributed by atoms with van der Waals surface area (Å²) in [6.07, 6.45) is 5.25. The van der Waals surface area contributed by atoms with Crippen molar-refractivity contribution in [2.45, 2.75) is 38.3 Å². The molecule has 0 unspecified atom stereocenters. The maximum absolute atomic E-state index is 11.0. The van der Waals surface area contributed by atoms with Gasteiger partial charge in [-0.1, -0.05) is 12.1 Å². The van der Waals surface area contributed by atoms with Crippen molar-refractivity contribution in [3.63, 3.8) is 0 Å². The lowest BCUT2D eigenvalue weighted by Gasteiger charge is -2.27. The first kappa shape index (κ1) is 15.4. The van der Waals surface area contributed by atoms with E-state index in [9.17, 15) is 4.79 Å². The first-order valence-corrected chi connectivity index (χ1v) is 8.42. The van der Waals surface area contributed by atoms with Crippen LogP contribution in [-0.2, 0) is 11.3 Å². The number of fused-ring (bicyclic) bond motifs is 1. The average Bonchev–Trinajstić information content (AvgIpc) is 2.54. The van der Waals surface area contributed by atoms with Crippen LogP contribution in [0, 0.1) is 5.92 Å². The van der Waals surface area contributed by atoms with Gasteiger partial charge in [-0.2, -0.15) is 0 Å². The van der Waals surface area contributed by atoms with Crippen LogP contribution in [0.5, 0.6) is 0 Å². The van der Waals surface area contributed by atoms with E-state index >= 15 is 0 Å². The van der Waals surface area contributed by atoms with Crippen molar-refractivity contribution in [3.05, 3.63) is 40.5 Å². The minimum atomic E-state index is -0.650. The Morgan fingerprint density at radius 3 is 2.77 bits per heavy atom. The number of carbonyl (C=O) groups is 1. The van der Waals surface area contributed by atoms with Gasteiger partial charge in [-0.15, -0.1) is 0 Å². The number of hydrogen-bond donors (Lipinski definition) is 2. The largest absolute Gasteiger partial charge is 0.481 e. The maximum atomic E-state index is 11.0. The van der Waals surface area contributed by atoms with Crippen molar-refractivity contribution in [1.29, 1.82) is 0 Å². The molecular formula is C17H19BrN2O2. The van der Waals surface area contributed by atoms with Crippen molar-refractivity contribution in [1.82, 2.24) is 10.3 Å². The summed E-state index contributed by atoms with van der Waals surface area (Å²) in [5, 5.41) is 13.8. The molecule has 22 heavy (non-hydrogen) atoms. The van der Waals surface area contributed by atoms with Gasteiger partial charge in [-0.25, -0.2) is 0 Å². The van der Waals surface area contributed by atoms with Crippen LogP contribution >= 0.6 is 15.9 Å². The third-order valence-electron chi connectivity index (χ3n) is 4.47. The van der Waals surface area contributed by atoms with Gasteiger partial charge in [0.15, 0.2) is 0 Å². The van der Waals surface area contributed by atoms with E-state index in [1.165, 1.54) is 5.56 Å². The van der Waals surface area contributed by atoms with E-state index in [1.54, 1.807) is 0 Å². The van der Waals surface area contributed by atoms with E-state index in [0.29, 0.717) is 6.04 Å². The van der Waals surface area contributed by atoms with Crippen LogP contribution in [0.25, 0.3) is 10.9 Å². The van der Waals surface area contributed by atoms with Crippen LogP contribution < -0.4 is 5.32 Å². The molecule has 116 valence electrons.